The van der Waals surface area contributed by atoms with Gasteiger partial charge in [0.1, 0.15) is 5.75 Å². The summed E-state index contributed by atoms with van der Waals surface area (Å²) < 4.78 is 5.44. The Morgan fingerprint density at radius 1 is 1.22 bits per heavy atom. The summed E-state index contributed by atoms with van der Waals surface area (Å²) >= 11 is 11.9. The highest BCUT2D eigenvalue weighted by Gasteiger charge is 2.18. The van der Waals surface area contributed by atoms with Crippen molar-refractivity contribution in [3.05, 3.63) is 62.6 Å². The number of carbonyl (C=O) groups is 1. The smallest absolute Gasteiger partial charge is 0.271 e. The highest BCUT2D eigenvalue weighted by atomic mass is 35.5. The number of amides is 1. The molecule has 0 fully saturated rings. The second-order valence-electron chi connectivity index (χ2n) is 4.60. The summed E-state index contributed by atoms with van der Waals surface area (Å²) in [4.78, 5) is 22.2. The van der Waals surface area contributed by atoms with Crippen LogP contribution in [0.15, 0.2) is 42.5 Å². The molecule has 0 aliphatic heterocycles. The summed E-state index contributed by atoms with van der Waals surface area (Å²) in [6.07, 6.45) is -0.870. The largest absolute Gasteiger partial charge is 0.479 e. The molecular formula is C15H12Cl2N2O4. The number of para-hydroxylation sites is 1. The van der Waals surface area contributed by atoms with Gasteiger partial charge in [0.15, 0.2) is 6.10 Å². The molecule has 6 nitrogen and oxygen atoms in total. The highest BCUT2D eigenvalue weighted by molar-refractivity contribution is 6.33. The van der Waals surface area contributed by atoms with Crippen LogP contribution in [0.4, 0.5) is 11.4 Å². The summed E-state index contributed by atoms with van der Waals surface area (Å²) in [6.45, 7) is 1.53. The lowest BCUT2D eigenvalue weighted by molar-refractivity contribution is -0.384. The quantitative estimate of drug-likeness (QED) is 0.640. The molecule has 0 saturated heterocycles. The standard InChI is InChI=1S/C15H12Cl2N2O4/c1-9(15(20)18-13-5-3-2-4-11(13)16)23-14-7-6-10(19(21)22)8-12(14)17/h2-9H,1H3,(H,18,20)/t9-/m1/s1. The molecule has 8 heteroatoms. The van der Waals surface area contributed by atoms with E-state index >= 15 is 0 Å². The van der Waals surface area contributed by atoms with Crippen LogP contribution >= 0.6 is 23.2 Å². The topological polar surface area (TPSA) is 81.5 Å². The van der Waals surface area contributed by atoms with Crippen molar-refractivity contribution in [1.82, 2.24) is 0 Å². The van der Waals surface area contributed by atoms with Gasteiger partial charge in [0.2, 0.25) is 0 Å². The number of nitrogens with zero attached hydrogens (tertiary/aromatic N) is 1. The van der Waals surface area contributed by atoms with E-state index in [0.717, 1.165) is 6.07 Å². The van der Waals surface area contributed by atoms with Gasteiger partial charge < -0.3 is 10.1 Å². The second kappa shape index (κ2) is 7.30. The molecule has 2 aromatic rings. The normalized spacial score (nSPS) is 11.6. The fraction of sp³-hybridized carbons (Fsp3) is 0.133. The van der Waals surface area contributed by atoms with Crippen molar-refractivity contribution in [2.24, 2.45) is 0 Å². The van der Waals surface area contributed by atoms with Crippen molar-refractivity contribution in [3.63, 3.8) is 0 Å². The molecular weight excluding hydrogens is 343 g/mol. The van der Waals surface area contributed by atoms with E-state index in [1.165, 1.54) is 19.1 Å². The Morgan fingerprint density at radius 3 is 2.52 bits per heavy atom. The Bertz CT molecular complexity index is 752. The van der Waals surface area contributed by atoms with Gasteiger partial charge in [0, 0.05) is 12.1 Å². The van der Waals surface area contributed by atoms with E-state index in [-0.39, 0.29) is 16.5 Å². The van der Waals surface area contributed by atoms with Crippen LogP contribution in [0, 0.1) is 10.1 Å². The van der Waals surface area contributed by atoms with Gasteiger partial charge in [-0.15, -0.1) is 0 Å². The molecule has 0 aliphatic carbocycles. The molecule has 0 bridgehead atoms. The third kappa shape index (κ3) is 4.34. The number of hydrogen-bond acceptors (Lipinski definition) is 4. The number of nitro benzene ring substituents is 1. The Hall–Kier alpha value is -2.31. The van der Waals surface area contributed by atoms with E-state index in [1.54, 1.807) is 24.3 Å². The van der Waals surface area contributed by atoms with E-state index in [0.29, 0.717) is 10.7 Å². The predicted molar refractivity (Wildman–Crippen MR) is 88.3 cm³/mol. The summed E-state index contributed by atoms with van der Waals surface area (Å²) in [6, 6.07) is 10.5. The SMILES string of the molecule is C[C@@H](Oc1ccc([N+](=O)[O-])cc1Cl)C(=O)Nc1ccccc1Cl. The molecule has 0 unspecified atom stereocenters. The van der Waals surface area contributed by atoms with Crippen molar-refractivity contribution in [3.8, 4) is 5.75 Å². The molecule has 1 amide bonds. The van der Waals surface area contributed by atoms with Crippen molar-refractivity contribution in [1.29, 1.82) is 0 Å². The molecule has 0 aromatic heterocycles. The number of hydrogen-bond donors (Lipinski definition) is 1. The van der Waals surface area contributed by atoms with Crippen molar-refractivity contribution >= 4 is 40.5 Å². The van der Waals surface area contributed by atoms with Crippen LogP contribution in [0.2, 0.25) is 10.0 Å². The summed E-state index contributed by atoms with van der Waals surface area (Å²) in [5.74, 6) is -0.244. The van der Waals surface area contributed by atoms with Crippen LogP contribution in [0.3, 0.4) is 0 Å². The van der Waals surface area contributed by atoms with Crippen LogP contribution in [0.5, 0.6) is 5.75 Å². The summed E-state index contributed by atoms with van der Waals surface area (Å²) in [5.41, 5.74) is 0.305. The first-order valence-electron chi connectivity index (χ1n) is 6.54. The maximum atomic E-state index is 12.1. The molecule has 0 spiro atoms. The van der Waals surface area contributed by atoms with Gasteiger partial charge in [0.05, 0.1) is 20.7 Å². The maximum Gasteiger partial charge on any atom is 0.271 e. The molecule has 120 valence electrons. The van der Waals surface area contributed by atoms with Gasteiger partial charge in [-0.2, -0.15) is 0 Å². The van der Waals surface area contributed by atoms with Gasteiger partial charge >= 0.3 is 0 Å². The van der Waals surface area contributed by atoms with E-state index < -0.39 is 16.9 Å². The molecule has 0 radical (unpaired) electrons. The molecule has 0 saturated carbocycles. The Labute approximate surface area is 142 Å². The highest BCUT2D eigenvalue weighted by Crippen LogP contribution is 2.29. The minimum atomic E-state index is -0.870. The molecule has 2 rings (SSSR count). The Balaban J connectivity index is 2.07. The monoisotopic (exact) mass is 354 g/mol. The fourth-order valence-corrected chi connectivity index (χ4v) is 2.14. The van der Waals surface area contributed by atoms with Gasteiger partial charge in [0.25, 0.3) is 11.6 Å². The second-order valence-corrected chi connectivity index (χ2v) is 5.42. The van der Waals surface area contributed by atoms with Crippen molar-refractivity contribution in [2.45, 2.75) is 13.0 Å². The summed E-state index contributed by atoms with van der Waals surface area (Å²) in [7, 11) is 0. The van der Waals surface area contributed by atoms with E-state index in [4.69, 9.17) is 27.9 Å². The number of halogens is 2. The first-order valence-corrected chi connectivity index (χ1v) is 7.30. The maximum absolute atomic E-state index is 12.1. The van der Waals surface area contributed by atoms with Crippen LogP contribution < -0.4 is 10.1 Å². The number of non-ortho nitro benzene ring substituents is 1. The average molecular weight is 355 g/mol. The number of nitro groups is 1. The average Bonchev–Trinajstić information content (AvgIpc) is 2.51. The first-order chi connectivity index (χ1) is 10.9. The third-order valence-electron chi connectivity index (χ3n) is 2.93. The number of carbonyl (C=O) groups excluding carboxylic acids is 1. The van der Waals surface area contributed by atoms with E-state index in [2.05, 4.69) is 5.32 Å². The molecule has 0 aliphatic rings. The van der Waals surface area contributed by atoms with Crippen LogP contribution in [-0.2, 0) is 4.79 Å². The van der Waals surface area contributed by atoms with Gasteiger partial charge in [-0.25, -0.2) is 0 Å². The first kappa shape index (κ1) is 17.1. The lowest BCUT2D eigenvalue weighted by Gasteiger charge is -2.16. The predicted octanol–water partition coefficient (Wildman–Crippen LogP) is 4.31. The minimum Gasteiger partial charge on any atom is -0.479 e. The lowest BCUT2D eigenvalue weighted by Crippen LogP contribution is -2.30. The lowest BCUT2D eigenvalue weighted by atomic mass is 10.2. The zero-order valence-electron chi connectivity index (χ0n) is 12.0. The number of ether oxygens (including phenoxy) is 1. The van der Waals surface area contributed by atoms with Crippen LogP contribution in [0.1, 0.15) is 6.92 Å². The van der Waals surface area contributed by atoms with Crippen LogP contribution in [0.25, 0.3) is 0 Å². The van der Waals surface area contributed by atoms with E-state index in [9.17, 15) is 14.9 Å². The molecule has 1 N–H and O–H groups in total. The van der Waals surface area contributed by atoms with Gasteiger partial charge in [-0.05, 0) is 25.1 Å². The van der Waals surface area contributed by atoms with Crippen molar-refractivity contribution in [2.75, 3.05) is 5.32 Å². The fourth-order valence-electron chi connectivity index (χ4n) is 1.74. The van der Waals surface area contributed by atoms with E-state index in [1.807, 2.05) is 0 Å². The molecule has 2 aromatic carbocycles. The Kier molecular flexibility index (Phi) is 5.41. The Morgan fingerprint density at radius 2 is 1.91 bits per heavy atom. The summed E-state index contributed by atoms with van der Waals surface area (Å²) in [5, 5.41) is 13.7. The van der Waals surface area contributed by atoms with Gasteiger partial charge in [-0.3, -0.25) is 14.9 Å². The molecule has 0 heterocycles. The number of nitrogens with one attached hydrogen (secondary N) is 1. The number of anilines is 1. The van der Waals surface area contributed by atoms with Gasteiger partial charge in [-0.1, -0.05) is 35.3 Å². The number of benzene rings is 2. The third-order valence-corrected chi connectivity index (χ3v) is 3.56. The molecule has 1 atom stereocenters. The zero-order chi connectivity index (χ0) is 17.0. The van der Waals surface area contributed by atoms with Crippen LogP contribution in [-0.4, -0.2) is 16.9 Å². The minimum absolute atomic E-state index is 0.0524. The molecule has 23 heavy (non-hydrogen) atoms. The zero-order valence-corrected chi connectivity index (χ0v) is 13.5. The van der Waals surface area contributed by atoms with Crippen molar-refractivity contribution < 1.29 is 14.5 Å². The number of rotatable bonds is 5.